The predicted octanol–water partition coefficient (Wildman–Crippen LogP) is 4.36. The minimum Gasteiger partial charge on any atom is -0.344 e. The summed E-state index contributed by atoms with van der Waals surface area (Å²) in [5.41, 5.74) is -0.280. The molecule has 3 aromatic rings. The summed E-state index contributed by atoms with van der Waals surface area (Å²) in [6.07, 6.45) is -2.08. The lowest BCUT2D eigenvalue weighted by Crippen LogP contribution is -2.19. The number of alkyl halides is 3. The second kappa shape index (κ2) is 5.84. The molecule has 0 saturated heterocycles. The third kappa shape index (κ3) is 3.29. The van der Waals surface area contributed by atoms with E-state index < -0.39 is 23.6 Å². The standard InChI is InChI=1S/C15H10F4N4O/c16-9-5-11-12(7-21-13(11)20-6-9)23-14(24)22-10-3-1-2-8(4-10)15(17,18)19/h1-7H,(H,20,21)(H2,22,23,24). The minimum absolute atomic E-state index is 0.0218. The number of halogens is 4. The quantitative estimate of drug-likeness (QED) is 0.608. The summed E-state index contributed by atoms with van der Waals surface area (Å²) in [5, 5.41) is 5.07. The number of hydrogen-bond donors (Lipinski definition) is 3. The lowest BCUT2D eigenvalue weighted by Gasteiger charge is -2.10. The third-order valence-electron chi connectivity index (χ3n) is 3.19. The van der Waals surface area contributed by atoms with Crippen LogP contribution in [-0.4, -0.2) is 16.0 Å². The number of amides is 2. The first-order valence-electron chi connectivity index (χ1n) is 6.71. The van der Waals surface area contributed by atoms with Gasteiger partial charge in [-0.25, -0.2) is 14.2 Å². The first-order valence-corrected chi connectivity index (χ1v) is 6.71. The number of aromatic nitrogens is 2. The number of carbonyl (C=O) groups excluding carboxylic acids is 1. The summed E-state index contributed by atoms with van der Waals surface area (Å²) in [6.45, 7) is 0. The molecule has 2 heterocycles. The van der Waals surface area contributed by atoms with Crippen molar-refractivity contribution in [2.24, 2.45) is 0 Å². The van der Waals surface area contributed by atoms with Crippen LogP contribution in [0.4, 0.5) is 33.7 Å². The average molecular weight is 338 g/mol. The van der Waals surface area contributed by atoms with Gasteiger partial charge in [-0.15, -0.1) is 0 Å². The zero-order valence-electron chi connectivity index (χ0n) is 11.9. The number of aromatic amines is 1. The smallest absolute Gasteiger partial charge is 0.344 e. The molecule has 0 saturated carbocycles. The van der Waals surface area contributed by atoms with Gasteiger partial charge in [0.1, 0.15) is 11.5 Å². The average Bonchev–Trinajstić information content (AvgIpc) is 2.89. The van der Waals surface area contributed by atoms with Gasteiger partial charge < -0.3 is 15.6 Å². The molecule has 2 aromatic heterocycles. The van der Waals surface area contributed by atoms with E-state index in [1.54, 1.807) is 0 Å². The highest BCUT2D eigenvalue weighted by molar-refractivity contribution is 6.05. The van der Waals surface area contributed by atoms with E-state index in [0.717, 1.165) is 18.3 Å². The topological polar surface area (TPSA) is 69.8 Å². The van der Waals surface area contributed by atoms with Crippen LogP contribution in [0.5, 0.6) is 0 Å². The molecule has 1 aromatic carbocycles. The number of fused-ring (bicyclic) bond motifs is 1. The summed E-state index contributed by atoms with van der Waals surface area (Å²) >= 11 is 0. The molecule has 0 aliphatic carbocycles. The Kier molecular flexibility index (Phi) is 3.84. The summed E-state index contributed by atoms with van der Waals surface area (Å²) in [5.74, 6) is -0.580. The summed E-state index contributed by atoms with van der Waals surface area (Å²) in [4.78, 5) is 18.5. The number of nitrogens with zero attached hydrogens (tertiary/aromatic N) is 1. The van der Waals surface area contributed by atoms with E-state index in [9.17, 15) is 22.4 Å². The molecule has 2 amide bonds. The second-order valence-corrected chi connectivity index (χ2v) is 4.91. The molecule has 0 fully saturated rings. The SMILES string of the molecule is O=C(Nc1cccc(C(F)(F)F)c1)Nc1c[nH]c2ncc(F)cc12. The van der Waals surface area contributed by atoms with Gasteiger partial charge in [-0.1, -0.05) is 6.07 Å². The maximum Gasteiger partial charge on any atom is 0.416 e. The molecular formula is C15H10F4N4O. The first-order chi connectivity index (χ1) is 11.3. The predicted molar refractivity (Wildman–Crippen MR) is 80.1 cm³/mol. The first kappa shape index (κ1) is 15.8. The Morgan fingerprint density at radius 2 is 1.96 bits per heavy atom. The van der Waals surface area contributed by atoms with Crippen LogP contribution in [0.25, 0.3) is 11.0 Å². The van der Waals surface area contributed by atoms with Crippen molar-refractivity contribution in [3.8, 4) is 0 Å². The largest absolute Gasteiger partial charge is 0.416 e. The number of H-pyrrole nitrogens is 1. The Morgan fingerprint density at radius 1 is 1.17 bits per heavy atom. The number of pyridine rings is 1. The zero-order chi connectivity index (χ0) is 17.3. The Bertz CT molecular complexity index is 904. The highest BCUT2D eigenvalue weighted by Gasteiger charge is 2.30. The van der Waals surface area contributed by atoms with E-state index in [1.165, 1.54) is 24.4 Å². The van der Waals surface area contributed by atoms with Crippen molar-refractivity contribution in [3.63, 3.8) is 0 Å². The molecule has 0 bridgehead atoms. The van der Waals surface area contributed by atoms with E-state index in [2.05, 4.69) is 20.6 Å². The Labute approximate surface area is 132 Å². The summed E-state index contributed by atoms with van der Waals surface area (Å²) in [7, 11) is 0. The Morgan fingerprint density at radius 3 is 2.71 bits per heavy atom. The van der Waals surface area contributed by atoms with E-state index in [4.69, 9.17) is 0 Å². The number of nitrogens with one attached hydrogen (secondary N) is 3. The second-order valence-electron chi connectivity index (χ2n) is 4.91. The fourth-order valence-corrected chi connectivity index (χ4v) is 2.14. The fraction of sp³-hybridized carbons (Fsp3) is 0.0667. The molecule has 124 valence electrons. The minimum atomic E-state index is -4.51. The number of rotatable bonds is 2. The normalized spacial score (nSPS) is 11.5. The molecule has 5 nitrogen and oxygen atoms in total. The van der Waals surface area contributed by atoms with Crippen LogP contribution in [0.1, 0.15) is 5.56 Å². The van der Waals surface area contributed by atoms with Crippen molar-refractivity contribution in [1.29, 1.82) is 0 Å². The van der Waals surface area contributed by atoms with Gasteiger partial charge in [0.2, 0.25) is 0 Å². The molecular weight excluding hydrogens is 328 g/mol. The van der Waals surface area contributed by atoms with Crippen molar-refractivity contribution in [1.82, 2.24) is 9.97 Å². The van der Waals surface area contributed by atoms with Crippen LogP contribution in [0.15, 0.2) is 42.7 Å². The van der Waals surface area contributed by atoms with Crippen LogP contribution >= 0.6 is 0 Å². The molecule has 24 heavy (non-hydrogen) atoms. The summed E-state index contributed by atoms with van der Waals surface area (Å²) in [6, 6.07) is 4.64. The van der Waals surface area contributed by atoms with Gasteiger partial charge in [-0.05, 0) is 24.3 Å². The summed E-state index contributed by atoms with van der Waals surface area (Å²) < 4.78 is 51.2. The number of benzene rings is 1. The fourth-order valence-electron chi connectivity index (χ4n) is 2.14. The van der Waals surface area contributed by atoms with Crippen molar-refractivity contribution in [2.75, 3.05) is 10.6 Å². The highest BCUT2D eigenvalue weighted by Crippen LogP contribution is 2.30. The Balaban J connectivity index is 1.77. The van der Waals surface area contributed by atoms with Crippen molar-refractivity contribution in [3.05, 3.63) is 54.1 Å². The maximum absolute atomic E-state index is 13.2. The van der Waals surface area contributed by atoms with Crippen LogP contribution in [0.2, 0.25) is 0 Å². The molecule has 0 aliphatic heterocycles. The lowest BCUT2D eigenvalue weighted by atomic mass is 10.2. The monoisotopic (exact) mass is 338 g/mol. The third-order valence-corrected chi connectivity index (χ3v) is 3.19. The van der Waals surface area contributed by atoms with Gasteiger partial charge in [-0.2, -0.15) is 13.2 Å². The van der Waals surface area contributed by atoms with Gasteiger partial charge in [0, 0.05) is 17.3 Å². The van der Waals surface area contributed by atoms with Crippen molar-refractivity contribution >= 4 is 28.4 Å². The van der Waals surface area contributed by atoms with Crippen LogP contribution < -0.4 is 10.6 Å². The molecule has 3 N–H and O–H groups in total. The van der Waals surface area contributed by atoms with Gasteiger partial charge >= 0.3 is 12.2 Å². The van der Waals surface area contributed by atoms with Crippen LogP contribution in [0.3, 0.4) is 0 Å². The van der Waals surface area contributed by atoms with E-state index in [1.807, 2.05) is 0 Å². The van der Waals surface area contributed by atoms with Crippen LogP contribution in [-0.2, 0) is 6.18 Å². The Hall–Kier alpha value is -3.10. The number of urea groups is 1. The van der Waals surface area contributed by atoms with E-state index >= 15 is 0 Å². The van der Waals surface area contributed by atoms with Gasteiger partial charge in [0.15, 0.2) is 0 Å². The zero-order valence-corrected chi connectivity index (χ0v) is 11.9. The number of anilines is 2. The molecule has 3 rings (SSSR count). The molecule has 0 atom stereocenters. The van der Waals surface area contributed by atoms with Crippen LogP contribution in [0, 0.1) is 5.82 Å². The van der Waals surface area contributed by atoms with E-state index in [-0.39, 0.29) is 11.4 Å². The molecule has 0 radical (unpaired) electrons. The maximum atomic E-state index is 13.2. The molecule has 9 heteroatoms. The lowest BCUT2D eigenvalue weighted by molar-refractivity contribution is -0.137. The molecule has 0 unspecified atom stereocenters. The number of carbonyl (C=O) groups is 1. The van der Waals surface area contributed by atoms with Gasteiger partial charge in [0.25, 0.3) is 0 Å². The highest BCUT2D eigenvalue weighted by atomic mass is 19.4. The number of hydrogen-bond acceptors (Lipinski definition) is 2. The molecule has 0 spiro atoms. The molecule has 0 aliphatic rings. The van der Waals surface area contributed by atoms with E-state index in [0.29, 0.717) is 11.0 Å². The van der Waals surface area contributed by atoms with Gasteiger partial charge in [-0.3, -0.25) is 0 Å². The van der Waals surface area contributed by atoms with Crippen molar-refractivity contribution < 1.29 is 22.4 Å². The van der Waals surface area contributed by atoms with Crippen molar-refractivity contribution in [2.45, 2.75) is 6.18 Å². The van der Waals surface area contributed by atoms with Gasteiger partial charge in [0.05, 0.1) is 17.4 Å².